The Balaban J connectivity index is 1.61. The summed E-state index contributed by atoms with van der Waals surface area (Å²) in [5.74, 6) is 3.50. The van der Waals surface area contributed by atoms with Crippen molar-refractivity contribution in [3.05, 3.63) is 71.0 Å². The van der Waals surface area contributed by atoms with Crippen LogP contribution in [-0.2, 0) is 32.2 Å². The molecule has 0 atom stereocenters. The van der Waals surface area contributed by atoms with Crippen molar-refractivity contribution in [1.29, 1.82) is 0 Å². The first kappa shape index (κ1) is 22.5. The number of ether oxygens (including phenoxy) is 1. The molecule has 0 spiro atoms. The minimum atomic E-state index is 0.536. The molecule has 3 rings (SSSR count). The van der Waals surface area contributed by atoms with E-state index in [-0.39, 0.29) is 0 Å². The van der Waals surface area contributed by atoms with E-state index in [4.69, 9.17) is 18.7 Å². The van der Waals surface area contributed by atoms with Gasteiger partial charge in [0.15, 0.2) is 5.96 Å². The van der Waals surface area contributed by atoms with Crippen molar-refractivity contribution >= 4 is 5.96 Å². The van der Waals surface area contributed by atoms with Gasteiger partial charge in [-0.1, -0.05) is 31.1 Å². The topological polar surface area (TPSA) is 84.8 Å². The molecule has 31 heavy (non-hydrogen) atoms. The van der Waals surface area contributed by atoms with E-state index in [0.29, 0.717) is 6.54 Å². The molecule has 2 N–H and O–H groups in total. The summed E-state index contributed by atoms with van der Waals surface area (Å²) in [5, 5.41) is 11.0. The van der Waals surface area contributed by atoms with E-state index in [2.05, 4.69) is 41.8 Å². The van der Waals surface area contributed by atoms with Gasteiger partial charge in [0.25, 0.3) is 0 Å². The van der Waals surface area contributed by atoms with Crippen LogP contribution in [0.4, 0.5) is 0 Å². The molecule has 166 valence electrons. The molecule has 0 saturated heterocycles. The van der Waals surface area contributed by atoms with Crippen molar-refractivity contribution in [2.45, 2.75) is 46.1 Å². The molecule has 0 aliphatic carbocycles. The molecule has 0 bridgehead atoms. The zero-order valence-electron chi connectivity index (χ0n) is 18.6. The highest BCUT2D eigenvalue weighted by Crippen LogP contribution is 2.17. The van der Waals surface area contributed by atoms with Crippen LogP contribution < -0.4 is 15.4 Å². The molecule has 7 nitrogen and oxygen atoms in total. The first-order valence-electron chi connectivity index (χ1n) is 10.9. The van der Waals surface area contributed by atoms with Crippen LogP contribution in [0.1, 0.15) is 42.2 Å². The summed E-state index contributed by atoms with van der Waals surface area (Å²) in [7, 11) is 1.68. The summed E-state index contributed by atoms with van der Waals surface area (Å²) in [6.45, 7) is 6.19. The van der Waals surface area contributed by atoms with Crippen LogP contribution >= 0.6 is 0 Å². The van der Waals surface area contributed by atoms with Gasteiger partial charge in [0, 0.05) is 31.5 Å². The Morgan fingerprint density at radius 3 is 2.45 bits per heavy atom. The van der Waals surface area contributed by atoms with E-state index < -0.39 is 0 Å². The molecule has 2 aromatic heterocycles. The number of benzene rings is 1. The maximum absolute atomic E-state index is 5.47. The minimum Gasteiger partial charge on any atom is -0.497 e. The zero-order chi connectivity index (χ0) is 21.9. The molecular formula is C24H32N4O3. The Hall–Kier alpha value is -3.22. The second-order valence-corrected chi connectivity index (χ2v) is 7.18. The second-order valence-electron chi connectivity index (χ2n) is 7.18. The summed E-state index contributed by atoms with van der Waals surface area (Å²) in [6.07, 6.45) is 5.02. The van der Waals surface area contributed by atoms with Gasteiger partial charge in [-0.3, -0.25) is 0 Å². The van der Waals surface area contributed by atoms with Gasteiger partial charge in [0.1, 0.15) is 17.3 Å². The van der Waals surface area contributed by atoms with Crippen molar-refractivity contribution in [2.24, 2.45) is 4.99 Å². The van der Waals surface area contributed by atoms with Gasteiger partial charge in [-0.15, -0.1) is 0 Å². The Labute approximate surface area is 183 Å². The minimum absolute atomic E-state index is 0.536. The number of nitrogens with zero attached hydrogens (tertiary/aromatic N) is 2. The monoisotopic (exact) mass is 424 g/mol. The van der Waals surface area contributed by atoms with Crippen molar-refractivity contribution in [1.82, 2.24) is 15.8 Å². The Morgan fingerprint density at radius 2 is 1.81 bits per heavy atom. The van der Waals surface area contributed by atoms with E-state index in [0.717, 1.165) is 73.3 Å². The van der Waals surface area contributed by atoms with Crippen LogP contribution in [0.25, 0.3) is 0 Å². The van der Waals surface area contributed by atoms with Gasteiger partial charge in [0.2, 0.25) is 0 Å². The standard InChI is InChI=1S/C24H32N4O3/c1-4-22-21(23(5-2)31-28-22)17-27-24(26-15-13-20-7-6-16-30-20)25-14-12-18-8-10-19(29-3)11-9-18/h6-11,16H,4-5,12-15,17H2,1-3H3,(H2,25,26,27). The number of hydrogen-bond acceptors (Lipinski definition) is 5. The molecule has 0 unspecified atom stereocenters. The van der Waals surface area contributed by atoms with E-state index in [1.807, 2.05) is 24.3 Å². The van der Waals surface area contributed by atoms with Crippen LogP contribution in [0.2, 0.25) is 0 Å². The number of aryl methyl sites for hydroxylation is 2. The number of guanidine groups is 1. The van der Waals surface area contributed by atoms with E-state index in [1.54, 1.807) is 13.4 Å². The van der Waals surface area contributed by atoms with Crippen molar-refractivity contribution < 1.29 is 13.7 Å². The molecular weight excluding hydrogens is 392 g/mol. The third-order valence-corrected chi connectivity index (χ3v) is 5.11. The predicted octanol–water partition coefficient (Wildman–Crippen LogP) is 3.92. The molecule has 3 aromatic rings. The molecule has 0 fully saturated rings. The van der Waals surface area contributed by atoms with Gasteiger partial charge in [-0.05, 0) is 42.7 Å². The van der Waals surface area contributed by atoms with Crippen LogP contribution in [0.5, 0.6) is 5.75 Å². The van der Waals surface area contributed by atoms with E-state index in [9.17, 15) is 0 Å². The second kappa shape index (κ2) is 11.8. The highest BCUT2D eigenvalue weighted by molar-refractivity contribution is 5.79. The third kappa shape index (κ3) is 6.64. The van der Waals surface area contributed by atoms with Crippen LogP contribution in [0.3, 0.4) is 0 Å². The van der Waals surface area contributed by atoms with Crippen LogP contribution in [-0.4, -0.2) is 31.3 Å². The first-order valence-corrected chi connectivity index (χ1v) is 10.9. The molecule has 1 aromatic carbocycles. The fourth-order valence-electron chi connectivity index (χ4n) is 3.33. The van der Waals surface area contributed by atoms with Gasteiger partial charge in [-0.2, -0.15) is 0 Å². The Kier molecular flexibility index (Phi) is 8.58. The molecule has 0 aliphatic rings. The SMILES string of the molecule is CCc1noc(CC)c1CN=C(NCCc1ccc(OC)cc1)NCCc1ccco1. The lowest BCUT2D eigenvalue weighted by atomic mass is 10.1. The number of rotatable bonds is 11. The quantitative estimate of drug-likeness (QED) is 0.358. The highest BCUT2D eigenvalue weighted by Gasteiger charge is 2.13. The van der Waals surface area contributed by atoms with Gasteiger partial charge in [-0.25, -0.2) is 4.99 Å². The van der Waals surface area contributed by atoms with Gasteiger partial charge in [0.05, 0.1) is 25.6 Å². The fourth-order valence-corrected chi connectivity index (χ4v) is 3.33. The molecule has 0 amide bonds. The van der Waals surface area contributed by atoms with Crippen LogP contribution in [0, 0.1) is 0 Å². The largest absolute Gasteiger partial charge is 0.497 e. The number of furan rings is 1. The summed E-state index contributed by atoms with van der Waals surface area (Å²) < 4.78 is 16.1. The lowest BCUT2D eigenvalue weighted by molar-refractivity contribution is 0.380. The molecule has 0 aliphatic heterocycles. The van der Waals surface area contributed by atoms with Crippen LogP contribution in [0.15, 0.2) is 56.6 Å². The first-order chi connectivity index (χ1) is 15.2. The Bertz CT molecular complexity index is 909. The molecule has 7 heteroatoms. The van der Waals surface area contributed by atoms with E-state index >= 15 is 0 Å². The lowest BCUT2D eigenvalue weighted by Crippen LogP contribution is -2.39. The predicted molar refractivity (Wildman–Crippen MR) is 122 cm³/mol. The number of aliphatic imine (C=N–C) groups is 1. The van der Waals surface area contributed by atoms with Gasteiger partial charge < -0.3 is 24.3 Å². The fraction of sp³-hybridized carbons (Fsp3) is 0.417. The highest BCUT2D eigenvalue weighted by atomic mass is 16.5. The zero-order valence-corrected chi connectivity index (χ0v) is 18.6. The molecule has 0 radical (unpaired) electrons. The smallest absolute Gasteiger partial charge is 0.191 e. The number of aromatic nitrogens is 1. The number of hydrogen-bond donors (Lipinski definition) is 2. The maximum atomic E-state index is 5.47. The summed E-state index contributed by atoms with van der Waals surface area (Å²) in [5.41, 5.74) is 3.31. The Morgan fingerprint density at radius 1 is 1.03 bits per heavy atom. The average Bonchev–Trinajstić information content (AvgIpc) is 3.46. The average molecular weight is 425 g/mol. The lowest BCUT2D eigenvalue weighted by Gasteiger charge is -2.13. The van der Waals surface area contributed by atoms with Crippen molar-refractivity contribution in [3.8, 4) is 5.75 Å². The summed E-state index contributed by atoms with van der Waals surface area (Å²) >= 11 is 0. The number of nitrogens with one attached hydrogen (secondary N) is 2. The third-order valence-electron chi connectivity index (χ3n) is 5.11. The van der Waals surface area contributed by atoms with Crippen molar-refractivity contribution in [2.75, 3.05) is 20.2 Å². The summed E-state index contributed by atoms with van der Waals surface area (Å²) in [6, 6.07) is 12.0. The summed E-state index contributed by atoms with van der Waals surface area (Å²) in [4.78, 5) is 4.80. The molecule has 2 heterocycles. The number of methoxy groups -OCH3 is 1. The normalized spacial score (nSPS) is 11.5. The maximum Gasteiger partial charge on any atom is 0.191 e. The van der Waals surface area contributed by atoms with Crippen molar-refractivity contribution in [3.63, 3.8) is 0 Å². The van der Waals surface area contributed by atoms with E-state index in [1.165, 1.54) is 5.56 Å². The molecule has 0 saturated carbocycles. The van der Waals surface area contributed by atoms with Gasteiger partial charge >= 0.3 is 0 Å².